The molecule has 0 aliphatic heterocycles. The van der Waals surface area contributed by atoms with Gasteiger partial charge in [0.15, 0.2) is 5.82 Å². The zero-order valence-corrected chi connectivity index (χ0v) is 11.4. The van der Waals surface area contributed by atoms with E-state index in [0.29, 0.717) is 24.5 Å². The summed E-state index contributed by atoms with van der Waals surface area (Å²) in [5.41, 5.74) is 0. The summed E-state index contributed by atoms with van der Waals surface area (Å²) in [5, 5.41) is 8.94. The molecule has 1 aliphatic carbocycles. The maximum absolute atomic E-state index is 13.4. The lowest BCUT2D eigenvalue weighted by Crippen LogP contribution is -2.37. The predicted molar refractivity (Wildman–Crippen MR) is 69.1 cm³/mol. The minimum Gasteiger partial charge on any atom is -0.481 e. The number of hydrogen-bond donors (Lipinski definition) is 2. The first kappa shape index (κ1) is 14.5. The molecule has 8 heteroatoms. The molecule has 1 saturated carbocycles. The second kappa shape index (κ2) is 5.64. The normalized spacial score (nSPS) is 20.7. The maximum Gasteiger partial charge on any atom is 0.320 e. The van der Waals surface area contributed by atoms with E-state index < -0.39 is 17.9 Å². The fourth-order valence-corrected chi connectivity index (χ4v) is 2.33. The molecule has 0 bridgehead atoms. The van der Waals surface area contributed by atoms with Gasteiger partial charge in [0, 0.05) is 32.0 Å². The molecule has 0 saturated heterocycles. The molecule has 2 rings (SSSR count). The highest BCUT2D eigenvalue weighted by Gasteiger charge is 2.43. The van der Waals surface area contributed by atoms with E-state index in [0.717, 1.165) is 0 Å². The largest absolute Gasteiger partial charge is 0.481 e. The van der Waals surface area contributed by atoms with Crippen molar-refractivity contribution in [2.75, 3.05) is 19.0 Å². The second-order valence-electron chi connectivity index (χ2n) is 4.88. The molecule has 2 N–H and O–H groups in total. The Balaban J connectivity index is 1.83. The molecule has 1 aliphatic rings. The number of methoxy groups -OCH3 is 1. The van der Waals surface area contributed by atoms with Gasteiger partial charge < -0.3 is 10.1 Å². The Hall–Kier alpha value is -1.86. The van der Waals surface area contributed by atoms with E-state index in [4.69, 9.17) is 4.74 Å². The minimum atomic E-state index is -2.68. The van der Waals surface area contributed by atoms with Gasteiger partial charge in [-0.25, -0.2) is 18.3 Å². The van der Waals surface area contributed by atoms with Crippen molar-refractivity contribution >= 4 is 11.8 Å². The summed E-state index contributed by atoms with van der Waals surface area (Å²) in [6.07, 6.45) is 0.835. The van der Waals surface area contributed by atoms with E-state index in [1.807, 2.05) is 0 Å². The fourth-order valence-electron chi connectivity index (χ4n) is 2.33. The van der Waals surface area contributed by atoms with Gasteiger partial charge in [0.25, 0.3) is 5.92 Å². The number of amides is 2. The number of rotatable bonds is 4. The van der Waals surface area contributed by atoms with Crippen LogP contribution in [0, 0.1) is 5.92 Å². The van der Waals surface area contributed by atoms with Crippen LogP contribution < -0.4 is 15.4 Å². The number of carbonyl (C=O) groups is 1. The zero-order chi connectivity index (χ0) is 14.8. The molecule has 1 aromatic heterocycles. The number of nitrogens with one attached hydrogen (secondary N) is 2. The Kier molecular flexibility index (Phi) is 4.10. The number of aryl methyl sites for hydroxylation is 1. The number of anilines is 1. The first-order valence-electron chi connectivity index (χ1n) is 6.43. The number of carbonyl (C=O) groups excluding carboxylic acids is 1. The third kappa shape index (κ3) is 3.17. The van der Waals surface area contributed by atoms with Gasteiger partial charge >= 0.3 is 6.03 Å². The summed E-state index contributed by atoms with van der Waals surface area (Å²) in [5.74, 6) is -2.67. The molecule has 1 atom stereocenters. The van der Waals surface area contributed by atoms with Gasteiger partial charge in [-0.15, -0.1) is 0 Å². The molecular weight excluding hydrogens is 270 g/mol. The molecule has 1 aromatic rings. The third-order valence-electron chi connectivity index (χ3n) is 3.46. The van der Waals surface area contributed by atoms with Crippen LogP contribution in [-0.2, 0) is 7.05 Å². The van der Waals surface area contributed by atoms with Crippen LogP contribution in [0.3, 0.4) is 0 Å². The number of hydrogen-bond acceptors (Lipinski definition) is 3. The minimum absolute atomic E-state index is 0.0389. The quantitative estimate of drug-likeness (QED) is 0.890. The molecular formula is C12H18F2N4O2. The molecule has 0 aromatic carbocycles. The highest BCUT2D eigenvalue weighted by molar-refractivity contribution is 5.88. The fraction of sp³-hybridized carbons (Fsp3) is 0.667. The van der Waals surface area contributed by atoms with Crippen molar-refractivity contribution in [3.05, 3.63) is 6.07 Å². The van der Waals surface area contributed by atoms with E-state index in [1.54, 1.807) is 13.1 Å². The third-order valence-corrected chi connectivity index (χ3v) is 3.46. The van der Waals surface area contributed by atoms with Crippen LogP contribution in [0.2, 0.25) is 0 Å². The number of ether oxygens (including phenoxy) is 1. The Morgan fingerprint density at radius 2 is 2.40 bits per heavy atom. The monoisotopic (exact) mass is 288 g/mol. The van der Waals surface area contributed by atoms with E-state index in [1.165, 1.54) is 11.8 Å². The summed E-state index contributed by atoms with van der Waals surface area (Å²) in [7, 11) is 3.16. The van der Waals surface area contributed by atoms with Crippen LogP contribution in [0.25, 0.3) is 0 Å². The van der Waals surface area contributed by atoms with Gasteiger partial charge in [0.05, 0.1) is 7.11 Å². The van der Waals surface area contributed by atoms with E-state index in [2.05, 4.69) is 15.7 Å². The standard InChI is InChI=1S/C12H18F2N4O2/c1-18-10(20-2)6-9(17-18)16-11(19)15-7-8-4-3-5-12(8,13)14/h6,8H,3-5,7H2,1-2H3,(H2,15,16,17,19). The van der Waals surface area contributed by atoms with Crippen LogP contribution in [-0.4, -0.2) is 35.4 Å². The smallest absolute Gasteiger partial charge is 0.320 e. The summed E-state index contributed by atoms with van der Waals surface area (Å²) in [6.45, 7) is -0.0389. The van der Waals surface area contributed by atoms with Crippen molar-refractivity contribution in [1.29, 1.82) is 0 Å². The Morgan fingerprint density at radius 3 is 2.95 bits per heavy atom. The second-order valence-corrected chi connectivity index (χ2v) is 4.88. The SMILES string of the molecule is COc1cc(NC(=O)NCC2CCCC2(F)F)nn1C. The molecule has 0 spiro atoms. The summed E-state index contributed by atoms with van der Waals surface area (Å²) < 4.78 is 33.2. The van der Waals surface area contributed by atoms with Crippen LogP contribution in [0.15, 0.2) is 6.07 Å². The molecule has 6 nitrogen and oxygen atoms in total. The summed E-state index contributed by atoms with van der Waals surface area (Å²) >= 11 is 0. The van der Waals surface area contributed by atoms with Crippen molar-refractivity contribution in [2.24, 2.45) is 13.0 Å². The van der Waals surface area contributed by atoms with Crippen LogP contribution in [0.5, 0.6) is 5.88 Å². The number of nitrogens with zero attached hydrogens (tertiary/aromatic N) is 2. The topological polar surface area (TPSA) is 68.2 Å². The molecule has 2 amide bonds. The number of halogens is 2. The maximum atomic E-state index is 13.4. The lowest BCUT2D eigenvalue weighted by molar-refractivity contribution is -0.0348. The van der Waals surface area contributed by atoms with Gasteiger partial charge in [-0.1, -0.05) is 0 Å². The van der Waals surface area contributed by atoms with Gasteiger partial charge in [0.1, 0.15) is 0 Å². The van der Waals surface area contributed by atoms with Crippen molar-refractivity contribution in [3.8, 4) is 5.88 Å². The Morgan fingerprint density at radius 1 is 1.65 bits per heavy atom. The number of urea groups is 1. The van der Waals surface area contributed by atoms with E-state index >= 15 is 0 Å². The van der Waals surface area contributed by atoms with Gasteiger partial charge in [0.2, 0.25) is 5.88 Å². The van der Waals surface area contributed by atoms with Crippen molar-refractivity contribution in [3.63, 3.8) is 0 Å². The number of alkyl halides is 2. The van der Waals surface area contributed by atoms with Gasteiger partial charge in [-0.2, -0.15) is 5.10 Å². The molecule has 1 unspecified atom stereocenters. The van der Waals surface area contributed by atoms with Gasteiger partial charge in [-0.3, -0.25) is 5.32 Å². The van der Waals surface area contributed by atoms with Crippen molar-refractivity contribution < 1.29 is 18.3 Å². The highest BCUT2D eigenvalue weighted by Crippen LogP contribution is 2.39. The lowest BCUT2D eigenvalue weighted by atomic mass is 10.1. The first-order chi connectivity index (χ1) is 9.42. The Labute approximate surface area is 115 Å². The summed E-state index contributed by atoms with van der Waals surface area (Å²) in [6, 6.07) is 0.998. The van der Waals surface area contributed by atoms with E-state index in [-0.39, 0.29) is 13.0 Å². The van der Waals surface area contributed by atoms with Crippen LogP contribution >= 0.6 is 0 Å². The lowest BCUT2D eigenvalue weighted by Gasteiger charge is -2.19. The predicted octanol–water partition coefficient (Wildman–Crippen LogP) is 1.99. The van der Waals surface area contributed by atoms with Crippen LogP contribution in [0.1, 0.15) is 19.3 Å². The van der Waals surface area contributed by atoms with Crippen molar-refractivity contribution in [2.45, 2.75) is 25.2 Å². The van der Waals surface area contributed by atoms with Crippen LogP contribution in [0.4, 0.5) is 19.4 Å². The molecule has 1 fully saturated rings. The highest BCUT2D eigenvalue weighted by atomic mass is 19.3. The number of aromatic nitrogens is 2. The molecule has 20 heavy (non-hydrogen) atoms. The molecule has 0 radical (unpaired) electrons. The first-order valence-corrected chi connectivity index (χ1v) is 6.43. The Bertz CT molecular complexity index is 490. The zero-order valence-electron chi connectivity index (χ0n) is 11.4. The van der Waals surface area contributed by atoms with Gasteiger partial charge in [-0.05, 0) is 12.8 Å². The average molecular weight is 288 g/mol. The van der Waals surface area contributed by atoms with Crippen molar-refractivity contribution in [1.82, 2.24) is 15.1 Å². The summed E-state index contributed by atoms with van der Waals surface area (Å²) in [4.78, 5) is 11.6. The van der Waals surface area contributed by atoms with E-state index in [9.17, 15) is 13.6 Å². The average Bonchev–Trinajstić information content (AvgIpc) is 2.89. The molecule has 112 valence electrons. The molecule has 1 heterocycles.